The summed E-state index contributed by atoms with van der Waals surface area (Å²) in [5.74, 6) is -0.483. The molecule has 4 amide bonds. The predicted molar refractivity (Wildman–Crippen MR) is 145 cm³/mol. The summed E-state index contributed by atoms with van der Waals surface area (Å²) in [5, 5.41) is 10.7. The Labute approximate surface area is 220 Å². The Balaban J connectivity index is 1.68. The molecule has 11 nitrogen and oxygen atoms in total. The first-order chi connectivity index (χ1) is 17.7. The number of amides is 4. The van der Waals surface area contributed by atoms with Gasteiger partial charge in [-0.1, -0.05) is 53.7 Å². The zero-order chi connectivity index (χ0) is 28.1. The van der Waals surface area contributed by atoms with Crippen LogP contribution in [0, 0.1) is 10.8 Å². The molecule has 0 aliphatic carbocycles. The summed E-state index contributed by atoms with van der Waals surface area (Å²) in [6.45, 7) is 10.7. The molecule has 0 aliphatic rings. The molecule has 0 fully saturated rings. The fourth-order valence-corrected chi connectivity index (χ4v) is 2.82. The van der Waals surface area contributed by atoms with Gasteiger partial charge in [0, 0.05) is 23.2 Å². The highest BCUT2D eigenvalue weighted by Gasteiger charge is 2.23. The van der Waals surface area contributed by atoms with Crippen molar-refractivity contribution in [3.63, 3.8) is 0 Å². The number of carbonyl (C=O) groups excluding carboxylic acids is 4. The molecule has 0 aliphatic heterocycles. The molecule has 3 aromatic heterocycles. The second-order valence-electron chi connectivity index (χ2n) is 10.6. The molecule has 0 saturated heterocycles. The number of nitrogens with zero attached hydrogens (tertiary/aromatic N) is 3. The summed E-state index contributed by atoms with van der Waals surface area (Å²) >= 11 is 0. The molecule has 11 heteroatoms. The van der Waals surface area contributed by atoms with Crippen molar-refractivity contribution in [2.75, 3.05) is 21.3 Å². The fourth-order valence-electron chi connectivity index (χ4n) is 2.82. The SMILES string of the molecule is CC(C)(C)C(=O)Nc1cccc(NC(=O)c2cncc(C(=O)Nc3cccc(NC(=O)C(C)(C)C)n3)c2)n1. The lowest BCUT2D eigenvalue weighted by Gasteiger charge is -2.17. The van der Waals surface area contributed by atoms with Crippen LogP contribution in [0.5, 0.6) is 0 Å². The van der Waals surface area contributed by atoms with Gasteiger partial charge in [0.2, 0.25) is 11.8 Å². The van der Waals surface area contributed by atoms with E-state index in [9.17, 15) is 19.2 Å². The minimum absolute atomic E-state index is 0.128. The minimum Gasteiger partial charge on any atom is -0.310 e. The first-order valence-corrected chi connectivity index (χ1v) is 11.9. The van der Waals surface area contributed by atoms with Crippen molar-refractivity contribution >= 4 is 46.9 Å². The van der Waals surface area contributed by atoms with Crippen molar-refractivity contribution in [1.29, 1.82) is 0 Å². The number of anilines is 4. The van der Waals surface area contributed by atoms with E-state index in [-0.39, 0.29) is 34.6 Å². The van der Waals surface area contributed by atoms with Crippen LogP contribution in [0.4, 0.5) is 23.3 Å². The normalized spacial score (nSPS) is 11.3. The van der Waals surface area contributed by atoms with Gasteiger partial charge < -0.3 is 21.3 Å². The first-order valence-electron chi connectivity index (χ1n) is 11.9. The van der Waals surface area contributed by atoms with Crippen molar-refractivity contribution in [3.8, 4) is 0 Å². The van der Waals surface area contributed by atoms with Crippen molar-refractivity contribution in [2.45, 2.75) is 41.5 Å². The van der Waals surface area contributed by atoms with E-state index in [1.54, 1.807) is 77.9 Å². The van der Waals surface area contributed by atoms with Crippen molar-refractivity contribution < 1.29 is 19.2 Å². The van der Waals surface area contributed by atoms with Crippen LogP contribution in [0.25, 0.3) is 0 Å². The molecular weight excluding hydrogens is 486 g/mol. The number of aromatic nitrogens is 3. The summed E-state index contributed by atoms with van der Waals surface area (Å²) in [4.78, 5) is 62.5. The fraction of sp³-hybridized carbons (Fsp3) is 0.296. The van der Waals surface area contributed by atoms with E-state index < -0.39 is 22.6 Å². The smallest absolute Gasteiger partial charge is 0.258 e. The number of hydrogen-bond acceptors (Lipinski definition) is 7. The second kappa shape index (κ2) is 11.2. The Hall–Kier alpha value is -4.67. The Morgan fingerprint density at radius 3 is 1.26 bits per heavy atom. The van der Waals surface area contributed by atoms with Gasteiger partial charge in [-0.25, -0.2) is 9.97 Å². The van der Waals surface area contributed by atoms with Crippen LogP contribution in [0.15, 0.2) is 54.9 Å². The number of carbonyl (C=O) groups is 4. The van der Waals surface area contributed by atoms with E-state index in [0.29, 0.717) is 11.6 Å². The lowest BCUT2D eigenvalue weighted by molar-refractivity contribution is -0.123. The van der Waals surface area contributed by atoms with Gasteiger partial charge in [0.25, 0.3) is 11.8 Å². The highest BCUT2D eigenvalue weighted by molar-refractivity contribution is 6.08. The lowest BCUT2D eigenvalue weighted by Crippen LogP contribution is -2.28. The summed E-state index contributed by atoms with van der Waals surface area (Å²) in [5.41, 5.74) is -0.958. The summed E-state index contributed by atoms with van der Waals surface area (Å²) < 4.78 is 0. The molecule has 4 N–H and O–H groups in total. The summed E-state index contributed by atoms with van der Waals surface area (Å²) in [7, 11) is 0. The van der Waals surface area contributed by atoms with Crippen LogP contribution in [-0.4, -0.2) is 38.6 Å². The van der Waals surface area contributed by atoms with Crippen LogP contribution < -0.4 is 21.3 Å². The average molecular weight is 518 g/mol. The molecule has 0 atom stereocenters. The van der Waals surface area contributed by atoms with E-state index in [0.717, 1.165) is 0 Å². The summed E-state index contributed by atoms with van der Waals surface area (Å²) in [6, 6.07) is 11.1. The van der Waals surface area contributed by atoms with E-state index in [2.05, 4.69) is 36.2 Å². The van der Waals surface area contributed by atoms with Crippen LogP contribution in [0.3, 0.4) is 0 Å². The molecule has 0 bridgehead atoms. The zero-order valence-corrected chi connectivity index (χ0v) is 22.2. The van der Waals surface area contributed by atoms with Gasteiger partial charge >= 0.3 is 0 Å². The Morgan fingerprint density at radius 2 is 0.921 bits per heavy atom. The largest absolute Gasteiger partial charge is 0.310 e. The van der Waals surface area contributed by atoms with E-state index in [1.807, 2.05) is 0 Å². The summed E-state index contributed by atoms with van der Waals surface area (Å²) in [6.07, 6.45) is 2.64. The maximum absolute atomic E-state index is 12.8. The van der Waals surface area contributed by atoms with Gasteiger partial charge in [-0.2, -0.15) is 0 Å². The van der Waals surface area contributed by atoms with Gasteiger partial charge in [0.1, 0.15) is 23.3 Å². The number of pyridine rings is 3. The van der Waals surface area contributed by atoms with Crippen LogP contribution >= 0.6 is 0 Å². The molecule has 0 saturated carbocycles. The Kier molecular flexibility index (Phi) is 8.20. The molecule has 0 aromatic carbocycles. The lowest BCUT2D eigenvalue weighted by atomic mass is 9.96. The first kappa shape index (κ1) is 27.9. The number of nitrogens with one attached hydrogen (secondary N) is 4. The molecule has 0 radical (unpaired) electrons. The molecule has 38 heavy (non-hydrogen) atoms. The highest BCUT2D eigenvalue weighted by Crippen LogP contribution is 2.19. The molecular formula is C27H31N7O4. The highest BCUT2D eigenvalue weighted by atomic mass is 16.2. The third-order valence-corrected chi connectivity index (χ3v) is 5.09. The van der Waals surface area contributed by atoms with Crippen LogP contribution in [-0.2, 0) is 9.59 Å². The zero-order valence-electron chi connectivity index (χ0n) is 22.2. The van der Waals surface area contributed by atoms with Gasteiger partial charge in [-0.15, -0.1) is 0 Å². The van der Waals surface area contributed by atoms with Crippen molar-refractivity contribution in [1.82, 2.24) is 15.0 Å². The van der Waals surface area contributed by atoms with Gasteiger partial charge in [-0.3, -0.25) is 24.2 Å². The van der Waals surface area contributed by atoms with Crippen LogP contribution in [0.1, 0.15) is 62.3 Å². The van der Waals surface area contributed by atoms with E-state index in [4.69, 9.17) is 0 Å². The average Bonchev–Trinajstić information content (AvgIpc) is 2.83. The molecule has 0 unspecified atom stereocenters. The molecule has 3 aromatic rings. The standard InChI is InChI=1S/C27H31N7O4/c1-26(2,3)24(37)33-20-11-7-9-18(29-20)31-22(35)16-13-17(15-28-14-16)23(36)32-19-10-8-12-21(30-19)34-25(38)27(4,5)6/h7-15H,1-6H3,(H2,29,31,33,35,37)(H2,30,32,34,36,38). The predicted octanol–water partition coefficient (Wildman–Crippen LogP) is 4.35. The third-order valence-electron chi connectivity index (χ3n) is 5.09. The van der Waals surface area contributed by atoms with E-state index in [1.165, 1.54) is 18.5 Å². The topological polar surface area (TPSA) is 155 Å². The molecule has 0 spiro atoms. The van der Waals surface area contributed by atoms with Gasteiger partial charge in [0.05, 0.1) is 11.1 Å². The number of rotatable bonds is 6. The Morgan fingerprint density at radius 1 is 0.579 bits per heavy atom. The third kappa shape index (κ3) is 7.66. The minimum atomic E-state index is -0.606. The van der Waals surface area contributed by atoms with Gasteiger partial charge in [0.15, 0.2) is 0 Å². The molecule has 3 rings (SSSR count). The molecule has 198 valence electrons. The second-order valence-corrected chi connectivity index (χ2v) is 10.6. The monoisotopic (exact) mass is 517 g/mol. The molecule has 3 heterocycles. The maximum Gasteiger partial charge on any atom is 0.258 e. The van der Waals surface area contributed by atoms with Crippen LogP contribution in [0.2, 0.25) is 0 Å². The Bertz CT molecular complexity index is 1270. The quantitative estimate of drug-likeness (QED) is 0.379. The number of hydrogen-bond donors (Lipinski definition) is 4. The van der Waals surface area contributed by atoms with Crippen molar-refractivity contribution in [2.24, 2.45) is 10.8 Å². The van der Waals surface area contributed by atoms with Crippen molar-refractivity contribution in [3.05, 3.63) is 66.0 Å². The van der Waals surface area contributed by atoms with E-state index >= 15 is 0 Å². The maximum atomic E-state index is 12.8. The van der Waals surface area contributed by atoms with Gasteiger partial charge in [-0.05, 0) is 30.3 Å².